The van der Waals surface area contributed by atoms with Crippen LogP contribution in [-0.4, -0.2) is 16.5 Å². The van der Waals surface area contributed by atoms with Crippen molar-refractivity contribution in [3.63, 3.8) is 0 Å². The molecule has 3 rings (SSSR count). The molecule has 1 N–H and O–H groups in total. The highest BCUT2D eigenvalue weighted by Gasteiger charge is 2.04. The highest BCUT2D eigenvalue weighted by Crippen LogP contribution is 2.23. The average Bonchev–Trinajstić information content (AvgIpc) is 2.50. The van der Waals surface area contributed by atoms with Gasteiger partial charge in [0.1, 0.15) is 5.82 Å². The van der Waals surface area contributed by atoms with Crippen molar-refractivity contribution in [1.82, 2.24) is 9.97 Å². The lowest BCUT2D eigenvalue weighted by atomic mass is 10.1. The Balaban J connectivity index is 1.72. The van der Waals surface area contributed by atoms with E-state index < -0.39 is 0 Å². The van der Waals surface area contributed by atoms with Crippen LogP contribution in [0.3, 0.4) is 0 Å². The summed E-state index contributed by atoms with van der Waals surface area (Å²) < 4.78 is 1.91. The van der Waals surface area contributed by atoms with Crippen molar-refractivity contribution in [2.75, 3.05) is 11.9 Å². The molecule has 1 aromatic carbocycles. The van der Waals surface area contributed by atoms with Crippen LogP contribution in [0.2, 0.25) is 0 Å². The van der Waals surface area contributed by atoms with E-state index in [1.54, 1.807) is 6.20 Å². The number of hydrogen-bond donors (Lipinski definition) is 1. The number of halogens is 2. The molecular formula is C16H13Br2N3. The zero-order chi connectivity index (χ0) is 14.7. The molecule has 2 heterocycles. The Labute approximate surface area is 140 Å². The number of nitrogens with one attached hydrogen (secondary N) is 1. The van der Waals surface area contributed by atoms with Crippen molar-refractivity contribution in [3.8, 4) is 0 Å². The molecule has 0 atom stereocenters. The molecule has 0 aliphatic rings. The van der Waals surface area contributed by atoms with Gasteiger partial charge < -0.3 is 5.32 Å². The number of anilines is 1. The van der Waals surface area contributed by atoms with Crippen LogP contribution in [-0.2, 0) is 6.42 Å². The summed E-state index contributed by atoms with van der Waals surface area (Å²) in [5.74, 6) is 0.853. The normalized spacial score (nSPS) is 10.8. The summed E-state index contributed by atoms with van der Waals surface area (Å²) in [5.41, 5.74) is 2.32. The molecule has 0 saturated carbocycles. The van der Waals surface area contributed by atoms with Gasteiger partial charge in [-0.25, -0.2) is 4.98 Å². The minimum absolute atomic E-state index is 0.808. The first-order chi connectivity index (χ1) is 10.2. The van der Waals surface area contributed by atoms with Crippen LogP contribution in [0.4, 0.5) is 5.82 Å². The zero-order valence-electron chi connectivity index (χ0n) is 11.2. The number of fused-ring (bicyclic) bond motifs is 1. The summed E-state index contributed by atoms with van der Waals surface area (Å²) in [7, 11) is 0. The van der Waals surface area contributed by atoms with E-state index in [2.05, 4.69) is 71.4 Å². The number of nitrogens with zero attached hydrogens (tertiary/aromatic N) is 2. The molecule has 3 aromatic rings. The molecule has 0 radical (unpaired) electrons. The van der Waals surface area contributed by atoms with Crippen molar-refractivity contribution < 1.29 is 0 Å². The van der Waals surface area contributed by atoms with Crippen LogP contribution in [0.1, 0.15) is 5.56 Å². The van der Waals surface area contributed by atoms with E-state index in [0.29, 0.717) is 0 Å². The van der Waals surface area contributed by atoms with Gasteiger partial charge in [0.25, 0.3) is 0 Å². The molecule has 0 spiro atoms. The highest BCUT2D eigenvalue weighted by atomic mass is 79.9. The largest absolute Gasteiger partial charge is 0.369 e. The van der Waals surface area contributed by atoms with E-state index in [-0.39, 0.29) is 0 Å². The summed E-state index contributed by atoms with van der Waals surface area (Å²) in [6, 6.07) is 12.3. The molecule has 5 heteroatoms. The lowest BCUT2D eigenvalue weighted by Gasteiger charge is -2.09. The summed E-state index contributed by atoms with van der Waals surface area (Å²) in [5, 5.41) is 4.53. The van der Waals surface area contributed by atoms with Gasteiger partial charge in [-0.15, -0.1) is 0 Å². The quantitative estimate of drug-likeness (QED) is 0.675. The number of pyridine rings is 2. The predicted octanol–water partition coefficient (Wildman–Crippen LogP) is 4.81. The predicted molar refractivity (Wildman–Crippen MR) is 93.6 cm³/mol. The van der Waals surface area contributed by atoms with Crippen LogP contribution >= 0.6 is 31.9 Å². The monoisotopic (exact) mass is 405 g/mol. The molecular weight excluding hydrogens is 394 g/mol. The van der Waals surface area contributed by atoms with Crippen molar-refractivity contribution >= 4 is 48.6 Å². The van der Waals surface area contributed by atoms with Crippen LogP contribution in [0.5, 0.6) is 0 Å². The van der Waals surface area contributed by atoms with Crippen molar-refractivity contribution in [2.24, 2.45) is 0 Å². The lowest BCUT2D eigenvalue weighted by molar-refractivity contribution is 1.01. The fourth-order valence-electron chi connectivity index (χ4n) is 2.23. The van der Waals surface area contributed by atoms with E-state index in [4.69, 9.17) is 0 Å². The Morgan fingerprint density at radius 2 is 1.90 bits per heavy atom. The third kappa shape index (κ3) is 3.41. The molecule has 0 unspecified atom stereocenters. The molecule has 0 aliphatic heterocycles. The Morgan fingerprint density at radius 1 is 1.05 bits per heavy atom. The van der Waals surface area contributed by atoms with Gasteiger partial charge in [0.05, 0.1) is 9.99 Å². The van der Waals surface area contributed by atoms with Crippen molar-refractivity contribution in [1.29, 1.82) is 0 Å². The van der Waals surface area contributed by atoms with Gasteiger partial charge in [-0.3, -0.25) is 4.98 Å². The van der Waals surface area contributed by atoms with Crippen molar-refractivity contribution in [2.45, 2.75) is 6.42 Å². The van der Waals surface area contributed by atoms with E-state index in [9.17, 15) is 0 Å². The van der Waals surface area contributed by atoms with Gasteiger partial charge in [0, 0.05) is 28.8 Å². The summed E-state index contributed by atoms with van der Waals surface area (Å²) in [6.07, 6.45) is 4.53. The Morgan fingerprint density at radius 3 is 2.76 bits per heavy atom. The molecule has 0 amide bonds. The minimum Gasteiger partial charge on any atom is -0.369 e. The van der Waals surface area contributed by atoms with E-state index in [0.717, 1.165) is 33.2 Å². The second-order valence-electron chi connectivity index (χ2n) is 4.65. The molecule has 0 aliphatic carbocycles. The third-order valence-electron chi connectivity index (χ3n) is 3.21. The van der Waals surface area contributed by atoms with Crippen LogP contribution in [0, 0.1) is 0 Å². The van der Waals surface area contributed by atoms with E-state index >= 15 is 0 Å². The summed E-state index contributed by atoms with van der Waals surface area (Å²) in [6.45, 7) is 0.808. The van der Waals surface area contributed by atoms with Gasteiger partial charge in [-0.2, -0.15) is 0 Å². The summed E-state index contributed by atoms with van der Waals surface area (Å²) in [4.78, 5) is 8.83. The Bertz CT molecular complexity index is 769. The molecule has 21 heavy (non-hydrogen) atoms. The Kier molecular flexibility index (Phi) is 4.51. The first-order valence-corrected chi connectivity index (χ1v) is 8.20. The standard InChI is InChI=1S/C16H13Br2N3/c17-13-9-14(18)16(21-10-13)20-8-6-12-4-1-3-11-5-2-7-19-15(11)12/h1-5,7,9-10H,6,8H2,(H,20,21). The van der Waals surface area contributed by atoms with Gasteiger partial charge in [-0.1, -0.05) is 24.3 Å². The second kappa shape index (κ2) is 6.54. The second-order valence-corrected chi connectivity index (χ2v) is 6.42. The highest BCUT2D eigenvalue weighted by molar-refractivity contribution is 9.11. The minimum atomic E-state index is 0.808. The number of aromatic nitrogens is 2. The number of para-hydroxylation sites is 1. The molecule has 0 saturated heterocycles. The fourth-order valence-corrected chi connectivity index (χ4v) is 3.36. The first-order valence-electron chi connectivity index (χ1n) is 6.61. The molecule has 2 aromatic heterocycles. The van der Waals surface area contributed by atoms with Crippen LogP contribution in [0.25, 0.3) is 10.9 Å². The fraction of sp³-hybridized carbons (Fsp3) is 0.125. The summed E-state index contributed by atoms with van der Waals surface area (Å²) >= 11 is 6.91. The molecule has 3 nitrogen and oxygen atoms in total. The molecule has 0 fully saturated rings. The van der Waals surface area contributed by atoms with Gasteiger partial charge in [0.2, 0.25) is 0 Å². The molecule has 106 valence electrons. The van der Waals surface area contributed by atoms with Gasteiger partial charge >= 0.3 is 0 Å². The van der Waals surface area contributed by atoms with Crippen LogP contribution in [0.15, 0.2) is 57.7 Å². The average molecular weight is 407 g/mol. The zero-order valence-corrected chi connectivity index (χ0v) is 14.4. The van der Waals surface area contributed by atoms with E-state index in [1.807, 2.05) is 18.3 Å². The third-order valence-corrected chi connectivity index (χ3v) is 4.25. The maximum absolute atomic E-state index is 4.48. The van der Waals surface area contributed by atoms with Crippen LogP contribution < -0.4 is 5.32 Å². The lowest BCUT2D eigenvalue weighted by Crippen LogP contribution is -2.07. The number of rotatable bonds is 4. The smallest absolute Gasteiger partial charge is 0.140 e. The first kappa shape index (κ1) is 14.5. The number of hydrogen-bond acceptors (Lipinski definition) is 3. The van der Waals surface area contributed by atoms with E-state index in [1.165, 1.54) is 10.9 Å². The molecule has 0 bridgehead atoms. The van der Waals surface area contributed by atoms with Gasteiger partial charge in [-0.05, 0) is 56.0 Å². The number of benzene rings is 1. The maximum Gasteiger partial charge on any atom is 0.140 e. The van der Waals surface area contributed by atoms with Gasteiger partial charge in [0.15, 0.2) is 0 Å². The topological polar surface area (TPSA) is 37.8 Å². The Hall–Kier alpha value is -1.46. The maximum atomic E-state index is 4.48. The van der Waals surface area contributed by atoms with Crippen molar-refractivity contribution in [3.05, 3.63) is 63.3 Å². The SMILES string of the molecule is Brc1cnc(NCCc2cccc3cccnc23)c(Br)c1.